The van der Waals surface area contributed by atoms with Crippen LogP contribution in [0.2, 0.25) is 0 Å². The van der Waals surface area contributed by atoms with E-state index in [1.54, 1.807) is 6.07 Å². The number of aromatic nitrogens is 3. The third kappa shape index (κ3) is 2.48. The van der Waals surface area contributed by atoms with Gasteiger partial charge in [-0.2, -0.15) is 9.61 Å². The minimum Gasteiger partial charge on any atom is -0.395 e. The maximum absolute atomic E-state index is 12.1. The highest BCUT2D eigenvalue weighted by molar-refractivity contribution is 7.16. The number of aryl methyl sites for hydroxylation is 1. The zero-order chi connectivity index (χ0) is 14.1. The van der Waals surface area contributed by atoms with Gasteiger partial charge >= 0.3 is 0 Å². The van der Waals surface area contributed by atoms with Crippen molar-refractivity contribution in [2.45, 2.75) is 38.8 Å². The van der Waals surface area contributed by atoms with Gasteiger partial charge in [0, 0.05) is 18.7 Å². The Hall–Kier alpha value is -1.31. The Morgan fingerprint density at radius 1 is 1.55 bits per heavy atom. The zero-order valence-electron chi connectivity index (χ0n) is 11.4. The summed E-state index contributed by atoms with van der Waals surface area (Å²) in [5.74, 6) is 0. The maximum atomic E-state index is 12.1. The van der Waals surface area contributed by atoms with Crippen molar-refractivity contribution < 1.29 is 5.11 Å². The van der Waals surface area contributed by atoms with E-state index in [2.05, 4.69) is 15.0 Å². The van der Waals surface area contributed by atoms with Crippen molar-refractivity contribution >= 4 is 16.3 Å². The lowest BCUT2D eigenvalue weighted by atomic mass is 10.2. The third-order valence-corrected chi connectivity index (χ3v) is 4.77. The molecule has 3 heterocycles. The fourth-order valence-corrected chi connectivity index (χ4v) is 3.50. The van der Waals surface area contributed by atoms with Crippen LogP contribution in [0.4, 0.5) is 0 Å². The summed E-state index contributed by atoms with van der Waals surface area (Å²) < 4.78 is 1.38. The number of hydrogen-bond acceptors (Lipinski definition) is 6. The van der Waals surface area contributed by atoms with Crippen LogP contribution in [0.25, 0.3) is 4.96 Å². The second-order valence-corrected chi connectivity index (χ2v) is 6.12. The lowest BCUT2D eigenvalue weighted by molar-refractivity contribution is 0.152. The molecule has 1 N–H and O–H groups in total. The van der Waals surface area contributed by atoms with Crippen LogP contribution in [0.15, 0.2) is 10.9 Å². The lowest BCUT2D eigenvalue weighted by Gasteiger charge is -2.21. The average molecular weight is 294 g/mol. The predicted octanol–water partition coefficient (Wildman–Crippen LogP) is 0.670. The Morgan fingerprint density at radius 3 is 3.15 bits per heavy atom. The quantitative estimate of drug-likeness (QED) is 0.897. The highest BCUT2D eigenvalue weighted by atomic mass is 32.1. The van der Waals surface area contributed by atoms with Crippen LogP contribution >= 0.6 is 11.3 Å². The van der Waals surface area contributed by atoms with Crippen molar-refractivity contribution in [3.63, 3.8) is 0 Å². The first-order chi connectivity index (χ1) is 9.71. The van der Waals surface area contributed by atoms with E-state index < -0.39 is 0 Å². The van der Waals surface area contributed by atoms with Gasteiger partial charge in [-0.15, -0.1) is 0 Å². The smallest absolute Gasteiger partial charge is 0.275 e. The molecule has 20 heavy (non-hydrogen) atoms. The van der Waals surface area contributed by atoms with Crippen LogP contribution in [-0.4, -0.2) is 43.8 Å². The highest BCUT2D eigenvalue weighted by Crippen LogP contribution is 2.19. The van der Waals surface area contributed by atoms with Gasteiger partial charge in [0.25, 0.3) is 5.56 Å². The Labute approximate surface area is 120 Å². The summed E-state index contributed by atoms with van der Waals surface area (Å²) in [6.07, 6.45) is 2.91. The summed E-state index contributed by atoms with van der Waals surface area (Å²) >= 11 is 1.46. The normalized spacial score (nSPS) is 20.0. The number of rotatable bonds is 4. The Kier molecular flexibility index (Phi) is 3.82. The van der Waals surface area contributed by atoms with Crippen molar-refractivity contribution in [1.29, 1.82) is 0 Å². The molecule has 3 rings (SSSR count). The van der Waals surface area contributed by atoms with Gasteiger partial charge < -0.3 is 5.11 Å². The zero-order valence-corrected chi connectivity index (χ0v) is 12.3. The van der Waals surface area contributed by atoms with E-state index >= 15 is 0 Å². The van der Waals surface area contributed by atoms with E-state index in [1.165, 1.54) is 15.9 Å². The van der Waals surface area contributed by atoms with E-state index in [4.69, 9.17) is 0 Å². The lowest BCUT2D eigenvalue weighted by Crippen LogP contribution is -2.32. The van der Waals surface area contributed by atoms with Gasteiger partial charge in [0.1, 0.15) is 5.01 Å². The number of fused-ring (bicyclic) bond motifs is 1. The first-order valence-corrected chi connectivity index (χ1v) is 7.76. The molecular weight excluding hydrogens is 276 g/mol. The Morgan fingerprint density at radius 2 is 2.40 bits per heavy atom. The van der Waals surface area contributed by atoms with Gasteiger partial charge in [-0.3, -0.25) is 9.69 Å². The number of nitrogens with zero attached hydrogens (tertiary/aromatic N) is 4. The molecule has 1 fully saturated rings. The molecule has 1 aliphatic rings. The minimum absolute atomic E-state index is 0.124. The van der Waals surface area contributed by atoms with Crippen LogP contribution in [-0.2, 0) is 13.0 Å². The number of likely N-dealkylation sites (tertiary alicyclic amines) is 1. The number of aliphatic hydroxyl groups is 1. The van der Waals surface area contributed by atoms with Crippen molar-refractivity contribution in [2.24, 2.45) is 0 Å². The molecule has 0 bridgehead atoms. The summed E-state index contributed by atoms with van der Waals surface area (Å²) in [7, 11) is 0. The van der Waals surface area contributed by atoms with Gasteiger partial charge in [-0.05, 0) is 25.8 Å². The molecule has 1 unspecified atom stereocenters. The molecule has 0 amide bonds. The molecule has 6 nitrogen and oxygen atoms in total. The molecule has 2 aromatic rings. The summed E-state index contributed by atoms with van der Waals surface area (Å²) in [5.41, 5.74) is 0.641. The van der Waals surface area contributed by atoms with Gasteiger partial charge in [0.2, 0.25) is 4.96 Å². The standard InChI is InChI=1S/C13H18N4O2S/c1-2-11-15-17-12(19)6-9(14-13(17)20-11)7-16-5-3-4-10(16)8-18/h6,10,18H,2-5,7-8H2,1H3. The van der Waals surface area contributed by atoms with Gasteiger partial charge in [0.15, 0.2) is 0 Å². The summed E-state index contributed by atoms with van der Waals surface area (Å²) in [6.45, 7) is 3.76. The molecule has 108 valence electrons. The van der Waals surface area contributed by atoms with Crippen molar-refractivity contribution in [3.05, 3.63) is 27.1 Å². The Bertz CT molecular complexity index is 666. The van der Waals surface area contributed by atoms with Crippen LogP contribution in [0, 0.1) is 0 Å². The third-order valence-electron chi connectivity index (χ3n) is 3.72. The second kappa shape index (κ2) is 5.59. The van der Waals surface area contributed by atoms with Crippen LogP contribution in [0.1, 0.15) is 30.5 Å². The number of hydrogen-bond donors (Lipinski definition) is 1. The molecule has 1 saturated heterocycles. The largest absolute Gasteiger partial charge is 0.395 e. The molecule has 0 aliphatic carbocycles. The molecule has 0 aromatic carbocycles. The van der Waals surface area contributed by atoms with Crippen LogP contribution in [0.5, 0.6) is 0 Å². The summed E-state index contributed by atoms with van der Waals surface area (Å²) in [6, 6.07) is 1.75. The molecule has 0 radical (unpaired) electrons. The predicted molar refractivity (Wildman–Crippen MR) is 77.0 cm³/mol. The second-order valence-electron chi connectivity index (χ2n) is 5.08. The average Bonchev–Trinajstić information content (AvgIpc) is 3.04. The fourth-order valence-electron chi connectivity index (χ4n) is 2.64. The first kappa shape index (κ1) is 13.7. The van der Waals surface area contributed by atoms with Crippen molar-refractivity contribution in [2.75, 3.05) is 13.2 Å². The van der Waals surface area contributed by atoms with Crippen molar-refractivity contribution in [3.8, 4) is 0 Å². The van der Waals surface area contributed by atoms with E-state index in [0.29, 0.717) is 11.5 Å². The van der Waals surface area contributed by atoms with Crippen molar-refractivity contribution in [1.82, 2.24) is 19.5 Å². The van der Waals surface area contributed by atoms with E-state index in [0.717, 1.165) is 36.5 Å². The maximum Gasteiger partial charge on any atom is 0.275 e. The summed E-state index contributed by atoms with van der Waals surface area (Å²) in [4.78, 5) is 19.4. The first-order valence-electron chi connectivity index (χ1n) is 6.95. The van der Waals surface area contributed by atoms with E-state index in [-0.39, 0.29) is 18.2 Å². The summed E-state index contributed by atoms with van der Waals surface area (Å²) in [5, 5.41) is 14.5. The molecular formula is C13H18N4O2S. The minimum atomic E-state index is -0.124. The molecule has 0 spiro atoms. The van der Waals surface area contributed by atoms with Gasteiger partial charge in [-0.25, -0.2) is 4.98 Å². The van der Waals surface area contributed by atoms with Crippen LogP contribution in [0.3, 0.4) is 0 Å². The molecule has 7 heteroatoms. The van der Waals surface area contributed by atoms with E-state index in [1.807, 2.05) is 6.92 Å². The SMILES string of the molecule is CCc1nn2c(=O)cc(CN3CCCC3CO)nc2s1. The highest BCUT2D eigenvalue weighted by Gasteiger charge is 2.24. The van der Waals surface area contributed by atoms with Gasteiger partial charge in [-0.1, -0.05) is 18.3 Å². The molecule has 0 saturated carbocycles. The fraction of sp³-hybridized carbons (Fsp3) is 0.615. The number of aliphatic hydroxyl groups excluding tert-OH is 1. The molecule has 2 aromatic heterocycles. The van der Waals surface area contributed by atoms with Crippen LogP contribution < -0.4 is 5.56 Å². The monoisotopic (exact) mass is 294 g/mol. The Balaban J connectivity index is 1.90. The molecule has 1 atom stereocenters. The van der Waals surface area contributed by atoms with E-state index in [9.17, 15) is 9.90 Å². The van der Waals surface area contributed by atoms with Gasteiger partial charge in [0.05, 0.1) is 12.3 Å². The topological polar surface area (TPSA) is 70.7 Å². The molecule has 1 aliphatic heterocycles.